The molecular weight excluding hydrogens is 164 g/mol. The quantitative estimate of drug-likeness (QED) is 0.476. The predicted molar refractivity (Wildman–Crippen MR) is 41.8 cm³/mol. The second-order valence-corrected chi connectivity index (χ2v) is 2.35. The molecule has 1 heterocycles. The molecule has 0 radical (unpaired) electrons. The molecule has 3 nitrogen and oxygen atoms in total. The van der Waals surface area contributed by atoms with Crippen molar-refractivity contribution in [2.24, 2.45) is 4.99 Å². The Morgan fingerprint density at radius 3 is 3.09 bits per heavy atom. The number of aliphatic imine (C=N–C) groups is 1. The van der Waals surface area contributed by atoms with Gasteiger partial charge in [-0.05, 0) is 18.6 Å². The molecule has 0 unspecified atom stereocenters. The average molecular weight is 169 g/mol. The zero-order chi connectivity index (χ0) is 8.27. The van der Waals surface area contributed by atoms with Crippen molar-refractivity contribution in [1.29, 1.82) is 0 Å². The molecule has 0 saturated heterocycles. The molecule has 0 aromatic carbocycles. The third-order valence-electron chi connectivity index (χ3n) is 1.22. The maximum Gasteiger partial charge on any atom is 0.242 e. The summed E-state index contributed by atoms with van der Waals surface area (Å²) in [6, 6.07) is 1.74. The van der Waals surface area contributed by atoms with Crippen molar-refractivity contribution >= 4 is 23.5 Å². The van der Waals surface area contributed by atoms with Gasteiger partial charge in [0.15, 0.2) is 5.82 Å². The van der Waals surface area contributed by atoms with Gasteiger partial charge in [0.2, 0.25) is 6.08 Å². The molecule has 0 atom stereocenters. The van der Waals surface area contributed by atoms with Crippen LogP contribution in [0.5, 0.6) is 0 Å². The lowest BCUT2D eigenvalue weighted by molar-refractivity contribution is 0.565. The van der Waals surface area contributed by atoms with Gasteiger partial charge in [0, 0.05) is 6.20 Å². The van der Waals surface area contributed by atoms with Crippen molar-refractivity contribution in [1.82, 2.24) is 4.98 Å². The highest BCUT2D eigenvalue weighted by Gasteiger charge is 2.01. The first-order chi connectivity index (χ1) is 5.25. The maximum atomic E-state index is 9.85. The monoisotopic (exact) mass is 168 g/mol. The van der Waals surface area contributed by atoms with Gasteiger partial charge in [-0.25, -0.2) is 9.78 Å². The predicted octanol–water partition coefficient (Wildman–Crippen LogP) is 2.01. The highest BCUT2D eigenvalue weighted by atomic mass is 35.5. The van der Waals surface area contributed by atoms with Gasteiger partial charge in [-0.1, -0.05) is 11.6 Å². The summed E-state index contributed by atoms with van der Waals surface area (Å²) in [5.74, 6) is 0.224. The Morgan fingerprint density at radius 2 is 2.45 bits per heavy atom. The number of hydrogen-bond acceptors (Lipinski definition) is 3. The Labute approximate surface area is 68.7 Å². The van der Waals surface area contributed by atoms with Gasteiger partial charge >= 0.3 is 0 Å². The van der Waals surface area contributed by atoms with Gasteiger partial charge in [-0.3, -0.25) is 0 Å². The summed E-state index contributed by atoms with van der Waals surface area (Å²) < 4.78 is 0. The molecule has 0 spiro atoms. The van der Waals surface area contributed by atoms with Crippen LogP contribution in [-0.4, -0.2) is 11.1 Å². The van der Waals surface area contributed by atoms with Gasteiger partial charge in [0.25, 0.3) is 0 Å². The van der Waals surface area contributed by atoms with Crippen molar-refractivity contribution in [2.75, 3.05) is 0 Å². The number of rotatable bonds is 1. The van der Waals surface area contributed by atoms with Crippen molar-refractivity contribution in [3.8, 4) is 0 Å². The normalized spacial score (nSPS) is 8.91. The maximum absolute atomic E-state index is 9.85. The molecule has 56 valence electrons. The Kier molecular flexibility index (Phi) is 2.36. The largest absolute Gasteiger partial charge is 0.242 e. The molecule has 4 heteroatoms. The lowest BCUT2D eigenvalue weighted by atomic mass is 10.3. The van der Waals surface area contributed by atoms with Crippen LogP contribution in [0.15, 0.2) is 17.3 Å². The molecule has 1 aromatic heterocycles. The van der Waals surface area contributed by atoms with E-state index in [9.17, 15) is 4.79 Å². The fourth-order valence-corrected chi connectivity index (χ4v) is 0.801. The molecule has 0 saturated carbocycles. The fourth-order valence-electron chi connectivity index (χ4n) is 0.647. The summed E-state index contributed by atoms with van der Waals surface area (Å²) in [5.41, 5.74) is 0.843. The molecule has 0 aliphatic carbocycles. The first kappa shape index (κ1) is 7.92. The zero-order valence-corrected chi connectivity index (χ0v) is 6.59. The van der Waals surface area contributed by atoms with Crippen molar-refractivity contribution < 1.29 is 4.79 Å². The minimum Gasteiger partial charge on any atom is -0.235 e. The Morgan fingerprint density at radius 1 is 1.73 bits per heavy atom. The number of aromatic nitrogens is 1. The first-order valence-electron chi connectivity index (χ1n) is 2.94. The lowest BCUT2D eigenvalue weighted by Crippen LogP contribution is -1.79. The molecule has 1 aromatic rings. The molecule has 1 rings (SSSR count). The summed E-state index contributed by atoms with van der Waals surface area (Å²) in [7, 11) is 0. The van der Waals surface area contributed by atoms with E-state index in [4.69, 9.17) is 11.6 Å². The molecule has 0 N–H and O–H groups in total. The third-order valence-corrected chi connectivity index (χ3v) is 1.68. The van der Waals surface area contributed by atoms with Crippen LogP contribution in [0.4, 0.5) is 5.82 Å². The van der Waals surface area contributed by atoms with Crippen LogP contribution in [0.25, 0.3) is 0 Å². The van der Waals surface area contributed by atoms with Crippen molar-refractivity contribution in [3.63, 3.8) is 0 Å². The topological polar surface area (TPSA) is 42.3 Å². The number of aryl methyl sites for hydroxylation is 1. The SMILES string of the molecule is Cc1ccnc(N=C=O)c1Cl. The molecule has 11 heavy (non-hydrogen) atoms. The van der Waals surface area contributed by atoms with Crippen LogP contribution < -0.4 is 0 Å². The molecule has 0 bridgehead atoms. The second-order valence-electron chi connectivity index (χ2n) is 1.97. The standard InChI is InChI=1S/C7H5ClN2O/c1-5-2-3-9-7(6(5)8)10-4-11/h2-3H,1H3. The van der Waals surface area contributed by atoms with E-state index in [1.807, 2.05) is 6.92 Å². The summed E-state index contributed by atoms with van der Waals surface area (Å²) in [4.78, 5) is 16.9. The number of pyridine rings is 1. The van der Waals surface area contributed by atoms with Gasteiger partial charge in [0.1, 0.15) is 0 Å². The van der Waals surface area contributed by atoms with E-state index in [-0.39, 0.29) is 5.82 Å². The molecule has 0 aliphatic rings. The smallest absolute Gasteiger partial charge is 0.235 e. The van der Waals surface area contributed by atoms with Crippen molar-refractivity contribution in [2.45, 2.75) is 6.92 Å². The summed E-state index contributed by atoms with van der Waals surface area (Å²) in [6.07, 6.45) is 2.92. The summed E-state index contributed by atoms with van der Waals surface area (Å²) >= 11 is 5.74. The van der Waals surface area contributed by atoms with E-state index >= 15 is 0 Å². The summed E-state index contributed by atoms with van der Waals surface area (Å²) in [6.45, 7) is 1.81. The third kappa shape index (κ3) is 1.64. The van der Waals surface area contributed by atoms with Crippen LogP contribution in [0, 0.1) is 6.92 Å². The van der Waals surface area contributed by atoms with Crippen LogP contribution >= 0.6 is 11.6 Å². The highest BCUT2D eigenvalue weighted by molar-refractivity contribution is 6.33. The molecule has 0 fully saturated rings. The van der Waals surface area contributed by atoms with Gasteiger partial charge in [-0.2, -0.15) is 0 Å². The van der Waals surface area contributed by atoms with Crippen LogP contribution in [0.3, 0.4) is 0 Å². The Hall–Kier alpha value is -1.18. The summed E-state index contributed by atoms with van der Waals surface area (Å²) in [5, 5.41) is 0.399. The van der Waals surface area contributed by atoms with Gasteiger partial charge in [-0.15, -0.1) is 4.99 Å². The molecule has 0 amide bonds. The molecule has 0 aliphatic heterocycles. The van der Waals surface area contributed by atoms with Crippen LogP contribution in [-0.2, 0) is 4.79 Å². The Balaban J connectivity index is 3.26. The number of carbonyl (C=O) groups excluding carboxylic acids is 1. The van der Waals surface area contributed by atoms with Gasteiger partial charge < -0.3 is 0 Å². The minimum atomic E-state index is 0.224. The van der Waals surface area contributed by atoms with E-state index in [0.717, 1.165) is 5.56 Å². The first-order valence-corrected chi connectivity index (χ1v) is 3.32. The van der Waals surface area contributed by atoms with Crippen LogP contribution in [0.2, 0.25) is 5.02 Å². The minimum absolute atomic E-state index is 0.224. The van der Waals surface area contributed by atoms with E-state index in [2.05, 4.69) is 9.98 Å². The second kappa shape index (κ2) is 3.28. The van der Waals surface area contributed by atoms with Crippen molar-refractivity contribution in [3.05, 3.63) is 22.8 Å². The number of isocyanates is 1. The fraction of sp³-hybridized carbons (Fsp3) is 0.143. The highest BCUT2D eigenvalue weighted by Crippen LogP contribution is 2.24. The van der Waals surface area contributed by atoms with E-state index in [1.54, 1.807) is 6.07 Å². The number of hydrogen-bond donors (Lipinski definition) is 0. The van der Waals surface area contributed by atoms with E-state index < -0.39 is 0 Å². The van der Waals surface area contributed by atoms with E-state index in [1.165, 1.54) is 12.3 Å². The molecular formula is C7H5ClN2O. The van der Waals surface area contributed by atoms with E-state index in [0.29, 0.717) is 5.02 Å². The number of halogens is 1. The number of nitrogens with zero attached hydrogens (tertiary/aromatic N) is 2. The lowest BCUT2D eigenvalue weighted by Gasteiger charge is -1.96. The average Bonchev–Trinajstić information content (AvgIpc) is 1.99. The Bertz CT molecular complexity index is 318. The van der Waals surface area contributed by atoms with Crippen LogP contribution in [0.1, 0.15) is 5.56 Å². The van der Waals surface area contributed by atoms with Gasteiger partial charge in [0.05, 0.1) is 5.02 Å². The zero-order valence-electron chi connectivity index (χ0n) is 5.84.